The van der Waals surface area contributed by atoms with E-state index < -0.39 is 0 Å². The number of aromatic nitrogens is 1. The molecule has 1 aromatic heterocycles. The van der Waals surface area contributed by atoms with Crippen molar-refractivity contribution < 1.29 is 4.79 Å². The van der Waals surface area contributed by atoms with E-state index in [1.54, 1.807) is 0 Å². The van der Waals surface area contributed by atoms with E-state index in [-0.39, 0.29) is 0 Å². The Hall–Kier alpha value is -1.81. The first kappa shape index (κ1) is 11.3. The van der Waals surface area contributed by atoms with E-state index in [2.05, 4.69) is 27.9 Å². The number of H-pyrrole nitrogens is 1. The minimum Gasteiger partial charge on any atom is -0.361 e. The van der Waals surface area contributed by atoms with Crippen LogP contribution in [0.1, 0.15) is 24.3 Å². The topological polar surface area (TPSA) is 56.9 Å². The normalized spacial score (nSPS) is 16.9. The lowest BCUT2D eigenvalue weighted by Crippen LogP contribution is -2.26. The largest absolute Gasteiger partial charge is 0.361 e. The highest BCUT2D eigenvalue weighted by molar-refractivity contribution is 5.89. The molecule has 1 aliphatic rings. The molecule has 0 aliphatic carbocycles. The molecule has 4 nitrogen and oxygen atoms in total. The number of amides is 1. The van der Waals surface area contributed by atoms with Gasteiger partial charge in [-0.2, -0.15) is 0 Å². The van der Waals surface area contributed by atoms with E-state index in [0.29, 0.717) is 5.92 Å². The Morgan fingerprint density at radius 1 is 1.28 bits per heavy atom. The molecule has 0 bridgehead atoms. The Morgan fingerprint density at radius 3 is 2.89 bits per heavy atom. The number of hydrogen-bond donors (Lipinski definition) is 3. The highest BCUT2D eigenvalue weighted by Crippen LogP contribution is 2.32. The second-order valence-corrected chi connectivity index (χ2v) is 4.79. The monoisotopic (exact) mass is 243 g/mol. The molecule has 0 atom stereocenters. The fraction of sp³-hybridized carbons (Fsp3) is 0.357. The fourth-order valence-electron chi connectivity index (χ4n) is 2.77. The van der Waals surface area contributed by atoms with E-state index in [1.165, 1.54) is 23.8 Å². The van der Waals surface area contributed by atoms with Gasteiger partial charge in [0.2, 0.25) is 6.41 Å². The molecule has 94 valence electrons. The van der Waals surface area contributed by atoms with Gasteiger partial charge in [-0.1, -0.05) is 0 Å². The van der Waals surface area contributed by atoms with E-state index in [4.69, 9.17) is 0 Å². The van der Waals surface area contributed by atoms with Crippen molar-refractivity contribution in [2.75, 3.05) is 18.4 Å². The molecular formula is C14H17N3O. The van der Waals surface area contributed by atoms with Gasteiger partial charge in [0.25, 0.3) is 0 Å². The predicted octanol–water partition coefficient (Wildman–Crippen LogP) is 2.20. The van der Waals surface area contributed by atoms with Crippen LogP contribution in [0.2, 0.25) is 0 Å². The Kier molecular flexibility index (Phi) is 3.02. The number of fused-ring (bicyclic) bond motifs is 1. The highest BCUT2D eigenvalue weighted by Gasteiger charge is 2.18. The zero-order valence-electron chi connectivity index (χ0n) is 10.2. The van der Waals surface area contributed by atoms with Crippen molar-refractivity contribution in [3.05, 3.63) is 30.0 Å². The number of piperidine rings is 1. The number of anilines is 1. The van der Waals surface area contributed by atoms with Gasteiger partial charge in [-0.25, -0.2) is 0 Å². The summed E-state index contributed by atoms with van der Waals surface area (Å²) in [5.41, 5.74) is 3.37. The quantitative estimate of drug-likeness (QED) is 0.724. The summed E-state index contributed by atoms with van der Waals surface area (Å²) in [6.45, 7) is 2.17. The minimum atomic E-state index is 0.617. The summed E-state index contributed by atoms with van der Waals surface area (Å²) in [6.07, 6.45) is 5.19. The van der Waals surface area contributed by atoms with E-state index in [1.807, 2.05) is 12.1 Å². The predicted molar refractivity (Wildman–Crippen MR) is 72.8 cm³/mol. The Morgan fingerprint density at radius 2 is 2.11 bits per heavy atom. The molecule has 1 amide bonds. The summed E-state index contributed by atoms with van der Waals surface area (Å²) < 4.78 is 0. The van der Waals surface area contributed by atoms with Crippen LogP contribution in [0, 0.1) is 0 Å². The maximum absolute atomic E-state index is 10.5. The standard InChI is InChI=1S/C14H17N3O/c18-9-17-11-1-2-14-12(7-11)13(8-16-14)10-3-5-15-6-4-10/h1-2,7-10,15-16H,3-6H2,(H,17,18). The van der Waals surface area contributed by atoms with E-state index >= 15 is 0 Å². The van der Waals surface area contributed by atoms with Crippen LogP contribution < -0.4 is 10.6 Å². The number of nitrogens with one attached hydrogen (secondary N) is 3. The van der Waals surface area contributed by atoms with Crippen molar-refractivity contribution >= 4 is 23.0 Å². The second kappa shape index (κ2) is 4.82. The fourth-order valence-corrected chi connectivity index (χ4v) is 2.77. The second-order valence-electron chi connectivity index (χ2n) is 4.79. The molecule has 4 heteroatoms. The number of benzene rings is 1. The molecule has 0 unspecified atom stereocenters. The van der Waals surface area contributed by atoms with Gasteiger partial charge in [-0.3, -0.25) is 4.79 Å². The van der Waals surface area contributed by atoms with Crippen LogP contribution in [-0.4, -0.2) is 24.5 Å². The van der Waals surface area contributed by atoms with Gasteiger partial charge < -0.3 is 15.6 Å². The average molecular weight is 243 g/mol. The van der Waals surface area contributed by atoms with Gasteiger partial charge in [-0.15, -0.1) is 0 Å². The molecular weight excluding hydrogens is 226 g/mol. The maximum atomic E-state index is 10.5. The molecule has 3 rings (SSSR count). The third-order valence-corrected chi connectivity index (χ3v) is 3.72. The summed E-state index contributed by atoms with van der Waals surface area (Å²) >= 11 is 0. The van der Waals surface area contributed by atoms with Gasteiger partial charge in [-0.05, 0) is 55.6 Å². The SMILES string of the molecule is O=CNc1ccc2[nH]cc(C3CCNCC3)c2c1. The van der Waals surface area contributed by atoms with Gasteiger partial charge in [0.05, 0.1) is 0 Å². The first-order valence-corrected chi connectivity index (χ1v) is 6.40. The smallest absolute Gasteiger partial charge is 0.211 e. The van der Waals surface area contributed by atoms with Crippen LogP contribution in [0.4, 0.5) is 5.69 Å². The summed E-state index contributed by atoms with van der Waals surface area (Å²) in [7, 11) is 0. The number of hydrogen-bond acceptors (Lipinski definition) is 2. The zero-order chi connectivity index (χ0) is 12.4. The van der Waals surface area contributed by atoms with Gasteiger partial charge in [0.15, 0.2) is 0 Å². The molecule has 1 aromatic carbocycles. The molecule has 0 spiro atoms. The summed E-state index contributed by atoms with van der Waals surface area (Å²) in [4.78, 5) is 13.8. The van der Waals surface area contributed by atoms with Gasteiger partial charge >= 0.3 is 0 Å². The summed E-state index contributed by atoms with van der Waals surface area (Å²) in [5.74, 6) is 0.617. The van der Waals surface area contributed by atoms with Crippen molar-refractivity contribution in [3.8, 4) is 0 Å². The molecule has 1 saturated heterocycles. The Labute approximate surface area is 106 Å². The van der Waals surface area contributed by atoms with Crippen molar-refractivity contribution in [1.29, 1.82) is 0 Å². The molecule has 1 fully saturated rings. The first-order valence-electron chi connectivity index (χ1n) is 6.40. The van der Waals surface area contributed by atoms with Crippen molar-refractivity contribution in [2.24, 2.45) is 0 Å². The number of carbonyl (C=O) groups is 1. The van der Waals surface area contributed by atoms with Gasteiger partial charge in [0, 0.05) is 22.8 Å². The lowest BCUT2D eigenvalue weighted by Gasteiger charge is -2.22. The summed E-state index contributed by atoms with van der Waals surface area (Å²) in [6, 6.07) is 5.99. The molecule has 1 aliphatic heterocycles. The van der Waals surface area contributed by atoms with Crippen LogP contribution in [0.3, 0.4) is 0 Å². The lowest BCUT2D eigenvalue weighted by molar-refractivity contribution is -0.105. The van der Waals surface area contributed by atoms with E-state index in [9.17, 15) is 4.79 Å². The van der Waals surface area contributed by atoms with Crippen molar-refractivity contribution in [2.45, 2.75) is 18.8 Å². The Bertz CT molecular complexity index is 555. The molecule has 2 aromatic rings. The van der Waals surface area contributed by atoms with Crippen LogP contribution >= 0.6 is 0 Å². The number of rotatable bonds is 3. The first-order chi connectivity index (χ1) is 8.88. The van der Waals surface area contributed by atoms with Crippen LogP contribution in [0.25, 0.3) is 10.9 Å². The third-order valence-electron chi connectivity index (χ3n) is 3.72. The average Bonchev–Trinajstić information content (AvgIpc) is 2.83. The lowest BCUT2D eigenvalue weighted by atomic mass is 9.90. The Balaban J connectivity index is 2.00. The van der Waals surface area contributed by atoms with Crippen LogP contribution in [0.5, 0.6) is 0 Å². The molecule has 3 N–H and O–H groups in total. The van der Waals surface area contributed by atoms with Crippen molar-refractivity contribution in [1.82, 2.24) is 10.3 Å². The van der Waals surface area contributed by atoms with E-state index in [0.717, 1.165) is 30.7 Å². The van der Waals surface area contributed by atoms with Crippen molar-refractivity contribution in [3.63, 3.8) is 0 Å². The minimum absolute atomic E-state index is 0.617. The van der Waals surface area contributed by atoms with Gasteiger partial charge in [0.1, 0.15) is 0 Å². The maximum Gasteiger partial charge on any atom is 0.211 e. The number of aromatic amines is 1. The molecule has 0 radical (unpaired) electrons. The summed E-state index contributed by atoms with van der Waals surface area (Å²) in [5, 5.41) is 7.33. The van der Waals surface area contributed by atoms with Crippen LogP contribution in [-0.2, 0) is 4.79 Å². The highest BCUT2D eigenvalue weighted by atomic mass is 16.1. The third kappa shape index (κ3) is 1.99. The molecule has 18 heavy (non-hydrogen) atoms. The number of carbonyl (C=O) groups excluding carboxylic acids is 1. The molecule has 2 heterocycles. The zero-order valence-corrected chi connectivity index (χ0v) is 10.2. The van der Waals surface area contributed by atoms with Crippen LogP contribution in [0.15, 0.2) is 24.4 Å². The molecule has 0 saturated carbocycles.